The molecule has 0 bridgehead atoms. The highest BCUT2D eigenvalue weighted by Crippen LogP contribution is 2.21. The predicted molar refractivity (Wildman–Crippen MR) is 47.3 cm³/mol. The zero-order chi connectivity index (χ0) is 9.47. The molecule has 0 spiro atoms. The topological polar surface area (TPSA) is 56.3 Å². The Morgan fingerprint density at radius 2 is 2.38 bits per heavy atom. The van der Waals surface area contributed by atoms with Crippen LogP contribution in [0, 0.1) is 0 Å². The van der Waals surface area contributed by atoms with E-state index in [9.17, 15) is 9.90 Å². The molecule has 0 atom stereocenters. The van der Waals surface area contributed by atoms with Gasteiger partial charge >= 0.3 is 0 Å². The molecule has 1 fully saturated rings. The van der Waals surface area contributed by atoms with Gasteiger partial charge in [-0.1, -0.05) is 0 Å². The highest BCUT2D eigenvalue weighted by molar-refractivity contribution is 5.94. The molecule has 2 rings (SSSR count). The van der Waals surface area contributed by atoms with Gasteiger partial charge < -0.3 is 15.0 Å². The number of aromatic nitrogens is 1. The maximum absolute atomic E-state index is 11.6. The number of amides is 1. The van der Waals surface area contributed by atoms with Crippen LogP contribution in [0.5, 0.6) is 0 Å². The third-order valence-corrected chi connectivity index (χ3v) is 2.20. The fraction of sp³-hybridized carbons (Fsp3) is 0.444. The molecule has 13 heavy (non-hydrogen) atoms. The van der Waals surface area contributed by atoms with Crippen LogP contribution in [0.1, 0.15) is 17.3 Å². The Balaban J connectivity index is 2.02. The van der Waals surface area contributed by atoms with E-state index < -0.39 is 5.60 Å². The number of likely N-dealkylation sites (tertiary alicyclic amines) is 1. The number of hydrogen-bond donors (Lipinski definition) is 2. The van der Waals surface area contributed by atoms with Crippen molar-refractivity contribution in [1.82, 2.24) is 9.88 Å². The second kappa shape index (κ2) is 2.60. The van der Waals surface area contributed by atoms with E-state index in [4.69, 9.17) is 0 Å². The minimum atomic E-state index is -0.689. The minimum Gasteiger partial charge on any atom is -0.386 e. The van der Waals surface area contributed by atoms with Crippen molar-refractivity contribution in [2.24, 2.45) is 0 Å². The van der Waals surface area contributed by atoms with Crippen LogP contribution in [0.2, 0.25) is 0 Å². The summed E-state index contributed by atoms with van der Waals surface area (Å²) in [7, 11) is 0. The molecule has 1 aromatic rings. The summed E-state index contributed by atoms with van der Waals surface area (Å²) in [6.45, 7) is 2.59. The fourth-order valence-electron chi connectivity index (χ4n) is 1.56. The summed E-state index contributed by atoms with van der Waals surface area (Å²) < 4.78 is 0. The molecule has 0 unspecified atom stereocenters. The van der Waals surface area contributed by atoms with Gasteiger partial charge in [0, 0.05) is 12.4 Å². The molecule has 2 N–H and O–H groups in total. The first-order valence-electron chi connectivity index (χ1n) is 4.23. The Labute approximate surface area is 76.2 Å². The summed E-state index contributed by atoms with van der Waals surface area (Å²) >= 11 is 0. The third kappa shape index (κ3) is 1.45. The van der Waals surface area contributed by atoms with E-state index in [1.165, 1.54) is 0 Å². The quantitative estimate of drug-likeness (QED) is 0.649. The van der Waals surface area contributed by atoms with Gasteiger partial charge in [0.15, 0.2) is 0 Å². The lowest BCUT2D eigenvalue weighted by atomic mass is 9.96. The second-order valence-electron chi connectivity index (χ2n) is 3.76. The molecular formula is C9H12N2O2. The zero-order valence-electron chi connectivity index (χ0n) is 7.45. The highest BCUT2D eigenvalue weighted by Gasteiger charge is 2.39. The molecule has 4 heteroatoms. The summed E-state index contributed by atoms with van der Waals surface area (Å²) in [6.07, 6.45) is 3.38. The summed E-state index contributed by atoms with van der Waals surface area (Å²) in [5, 5.41) is 9.43. The number of nitrogens with zero attached hydrogens (tertiary/aromatic N) is 1. The Hall–Kier alpha value is -1.29. The Kier molecular flexibility index (Phi) is 1.66. The molecule has 0 radical (unpaired) electrons. The molecule has 70 valence electrons. The van der Waals surface area contributed by atoms with Crippen molar-refractivity contribution < 1.29 is 9.90 Å². The molecule has 2 heterocycles. The Morgan fingerprint density at radius 1 is 1.69 bits per heavy atom. The summed E-state index contributed by atoms with van der Waals surface area (Å²) in [6, 6.07) is 1.73. The molecule has 1 aliphatic rings. The molecule has 4 nitrogen and oxygen atoms in total. The van der Waals surface area contributed by atoms with Gasteiger partial charge in [-0.05, 0) is 13.0 Å². The molecule has 1 saturated heterocycles. The first kappa shape index (κ1) is 8.31. The molecule has 1 amide bonds. The average Bonchev–Trinajstić information content (AvgIpc) is 2.50. The zero-order valence-corrected chi connectivity index (χ0v) is 7.45. The first-order chi connectivity index (χ1) is 6.08. The van der Waals surface area contributed by atoms with Gasteiger partial charge in [-0.2, -0.15) is 0 Å². The lowest BCUT2D eigenvalue weighted by Gasteiger charge is -2.44. The van der Waals surface area contributed by atoms with Crippen LogP contribution >= 0.6 is 0 Å². The fourth-order valence-corrected chi connectivity index (χ4v) is 1.56. The lowest BCUT2D eigenvalue weighted by Crippen LogP contribution is -2.61. The normalized spacial score (nSPS) is 19.7. The van der Waals surface area contributed by atoms with Crippen molar-refractivity contribution >= 4 is 5.91 Å². The number of H-pyrrole nitrogens is 1. The van der Waals surface area contributed by atoms with Crippen LogP contribution in [0.3, 0.4) is 0 Å². The van der Waals surface area contributed by atoms with Gasteiger partial charge in [-0.15, -0.1) is 0 Å². The van der Waals surface area contributed by atoms with Gasteiger partial charge in [0.1, 0.15) is 0 Å². The van der Waals surface area contributed by atoms with Crippen molar-refractivity contribution in [1.29, 1.82) is 0 Å². The molecule has 1 aromatic heterocycles. The maximum atomic E-state index is 11.6. The average molecular weight is 180 g/mol. The number of rotatable bonds is 1. The second-order valence-corrected chi connectivity index (χ2v) is 3.76. The molecule has 0 aromatic carbocycles. The number of carbonyl (C=O) groups excluding carboxylic acids is 1. The van der Waals surface area contributed by atoms with Crippen LogP contribution in [0.4, 0.5) is 0 Å². The lowest BCUT2D eigenvalue weighted by molar-refractivity contribution is -0.0668. The van der Waals surface area contributed by atoms with Gasteiger partial charge in [-0.25, -0.2) is 0 Å². The van der Waals surface area contributed by atoms with E-state index in [0.717, 1.165) is 0 Å². The first-order valence-corrected chi connectivity index (χ1v) is 4.23. The van der Waals surface area contributed by atoms with E-state index in [2.05, 4.69) is 4.98 Å². The standard InChI is InChI=1S/C9H12N2O2/c1-9(13)5-11(6-9)8(12)7-2-3-10-4-7/h2-4,10,13H,5-6H2,1H3. The number of nitrogens with one attached hydrogen (secondary N) is 1. The predicted octanol–water partition coefficient (Wildman–Crippen LogP) is 0.222. The summed E-state index contributed by atoms with van der Waals surface area (Å²) in [5.41, 5.74) is -0.0399. The van der Waals surface area contributed by atoms with Crippen LogP contribution < -0.4 is 0 Å². The van der Waals surface area contributed by atoms with Crippen LogP contribution in [0.25, 0.3) is 0 Å². The Bertz CT molecular complexity index is 308. The number of aromatic amines is 1. The van der Waals surface area contributed by atoms with Gasteiger partial charge in [0.05, 0.1) is 24.3 Å². The summed E-state index contributed by atoms with van der Waals surface area (Å²) in [5.74, 6) is -0.0206. The van der Waals surface area contributed by atoms with Crippen molar-refractivity contribution in [3.63, 3.8) is 0 Å². The van der Waals surface area contributed by atoms with Crippen molar-refractivity contribution in [2.45, 2.75) is 12.5 Å². The van der Waals surface area contributed by atoms with E-state index in [1.54, 1.807) is 30.3 Å². The van der Waals surface area contributed by atoms with Crippen molar-refractivity contribution in [3.05, 3.63) is 24.0 Å². The molecule has 0 saturated carbocycles. The van der Waals surface area contributed by atoms with E-state index >= 15 is 0 Å². The summed E-state index contributed by atoms with van der Waals surface area (Å²) in [4.78, 5) is 16.0. The van der Waals surface area contributed by atoms with Crippen LogP contribution in [-0.2, 0) is 0 Å². The molecule has 0 aliphatic carbocycles. The number of carbonyl (C=O) groups is 1. The third-order valence-electron chi connectivity index (χ3n) is 2.20. The van der Waals surface area contributed by atoms with E-state index in [0.29, 0.717) is 18.7 Å². The monoisotopic (exact) mass is 180 g/mol. The Morgan fingerprint density at radius 3 is 2.85 bits per heavy atom. The molecule has 1 aliphatic heterocycles. The highest BCUT2D eigenvalue weighted by atomic mass is 16.3. The largest absolute Gasteiger partial charge is 0.386 e. The molecular weight excluding hydrogens is 168 g/mol. The van der Waals surface area contributed by atoms with Crippen molar-refractivity contribution in [2.75, 3.05) is 13.1 Å². The van der Waals surface area contributed by atoms with Gasteiger partial charge in [-0.3, -0.25) is 4.79 Å². The van der Waals surface area contributed by atoms with Gasteiger partial charge in [0.2, 0.25) is 0 Å². The van der Waals surface area contributed by atoms with E-state index in [-0.39, 0.29) is 5.91 Å². The maximum Gasteiger partial charge on any atom is 0.255 e. The van der Waals surface area contributed by atoms with Crippen LogP contribution in [0.15, 0.2) is 18.5 Å². The number of hydrogen-bond acceptors (Lipinski definition) is 2. The van der Waals surface area contributed by atoms with Gasteiger partial charge in [0.25, 0.3) is 5.91 Å². The number of aliphatic hydroxyl groups is 1. The van der Waals surface area contributed by atoms with Crippen LogP contribution in [-0.4, -0.2) is 39.6 Å². The number of β-amino-alcohol motifs (C(OH)–C–C–N with tert-alkyl or cyclic N) is 1. The SMILES string of the molecule is CC1(O)CN(C(=O)c2cc[nH]c2)C1. The van der Waals surface area contributed by atoms with E-state index in [1.807, 2.05) is 0 Å². The van der Waals surface area contributed by atoms with Crippen molar-refractivity contribution in [3.8, 4) is 0 Å². The minimum absolute atomic E-state index is 0.0206. The smallest absolute Gasteiger partial charge is 0.255 e.